The molecule has 0 saturated heterocycles. The molecular formula is C10H24N2O2S. The molecule has 1 unspecified atom stereocenters. The number of sulfonamides is 1. The van der Waals surface area contributed by atoms with E-state index in [0.29, 0.717) is 18.9 Å². The maximum Gasteiger partial charge on any atom is 0.211 e. The number of hydrogen-bond acceptors (Lipinski definition) is 3. The van der Waals surface area contributed by atoms with Crippen LogP contribution in [0.2, 0.25) is 0 Å². The van der Waals surface area contributed by atoms with Crippen LogP contribution in [0.1, 0.15) is 40.0 Å². The Morgan fingerprint density at radius 2 is 1.73 bits per heavy atom. The van der Waals surface area contributed by atoms with Crippen molar-refractivity contribution in [1.29, 1.82) is 0 Å². The second kappa shape index (κ2) is 7.19. The molecule has 0 spiro atoms. The van der Waals surface area contributed by atoms with Crippen LogP contribution in [0, 0.1) is 5.92 Å². The van der Waals surface area contributed by atoms with Crippen molar-refractivity contribution < 1.29 is 8.42 Å². The van der Waals surface area contributed by atoms with E-state index in [9.17, 15) is 8.42 Å². The average molecular weight is 236 g/mol. The van der Waals surface area contributed by atoms with Crippen molar-refractivity contribution in [3.05, 3.63) is 0 Å². The highest BCUT2D eigenvalue weighted by Crippen LogP contribution is 2.04. The van der Waals surface area contributed by atoms with E-state index in [1.165, 1.54) is 0 Å². The maximum absolute atomic E-state index is 11.6. The Kier molecular flexibility index (Phi) is 7.13. The highest BCUT2D eigenvalue weighted by Gasteiger charge is 2.15. The first-order chi connectivity index (χ1) is 6.89. The molecule has 15 heavy (non-hydrogen) atoms. The van der Waals surface area contributed by atoms with E-state index in [-0.39, 0.29) is 11.8 Å². The molecule has 0 aromatic heterocycles. The topological polar surface area (TPSA) is 72.2 Å². The van der Waals surface area contributed by atoms with Crippen LogP contribution in [0.15, 0.2) is 0 Å². The summed E-state index contributed by atoms with van der Waals surface area (Å²) in [5.41, 5.74) is 5.33. The number of nitrogens with two attached hydrogens (primary N) is 1. The summed E-state index contributed by atoms with van der Waals surface area (Å²) in [6.45, 7) is 6.53. The Balaban J connectivity index is 3.87. The largest absolute Gasteiger partial charge is 0.330 e. The molecule has 0 aliphatic rings. The number of hydrogen-bond donors (Lipinski definition) is 2. The Hall–Kier alpha value is -0.130. The lowest BCUT2D eigenvalue weighted by atomic mass is 10.1. The van der Waals surface area contributed by atoms with E-state index < -0.39 is 10.0 Å². The van der Waals surface area contributed by atoms with Crippen LogP contribution < -0.4 is 10.5 Å². The summed E-state index contributed by atoms with van der Waals surface area (Å²) in [6, 6.07) is 0.00417. The molecule has 4 nitrogen and oxygen atoms in total. The zero-order chi connectivity index (χ0) is 11.9. The fourth-order valence-electron chi connectivity index (χ4n) is 1.09. The van der Waals surface area contributed by atoms with Gasteiger partial charge in [0.05, 0.1) is 5.75 Å². The normalized spacial score (nSPS) is 14.5. The molecule has 0 aliphatic carbocycles. The minimum Gasteiger partial charge on any atom is -0.330 e. The average Bonchev–Trinajstić information content (AvgIpc) is 2.11. The summed E-state index contributed by atoms with van der Waals surface area (Å²) in [7, 11) is -3.10. The molecule has 0 rings (SSSR count). The highest BCUT2D eigenvalue weighted by atomic mass is 32.2. The van der Waals surface area contributed by atoms with Gasteiger partial charge in [0.1, 0.15) is 0 Å². The highest BCUT2D eigenvalue weighted by molar-refractivity contribution is 7.89. The Bertz CT molecular complexity index is 250. The molecule has 0 saturated carbocycles. The molecular weight excluding hydrogens is 212 g/mol. The standard InChI is InChI=1S/C10H24N2O2S/c1-9(2)10(3)12-15(13,14)8-6-4-5-7-11/h9-10,12H,4-8,11H2,1-3H3. The lowest BCUT2D eigenvalue weighted by Gasteiger charge is -2.17. The van der Waals surface area contributed by atoms with Crippen molar-refractivity contribution in [3.63, 3.8) is 0 Å². The van der Waals surface area contributed by atoms with Gasteiger partial charge in [-0.3, -0.25) is 0 Å². The first-order valence-corrected chi connectivity index (χ1v) is 7.24. The van der Waals surface area contributed by atoms with Crippen molar-refractivity contribution in [2.75, 3.05) is 12.3 Å². The summed E-state index contributed by atoms with van der Waals surface area (Å²) < 4.78 is 25.8. The lowest BCUT2D eigenvalue weighted by Crippen LogP contribution is -2.37. The van der Waals surface area contributed by atoms with Crippen molar-refractivity contribution in [2.45, 2.75) is 46.1 Å². The summed E-state index contributed by atoms with van der Waals surface area (Å²) in [6.07, 6.45) is 2.47. The minimum atomic E-state index is -3.10. The Morgan fingerprint density at radius 1 is 1.13 bits per heavy atom. The van der Waals surface area contributed by atoms with Gasteiger partial charge >= 0.3 is 0 Å². The van der Waals surface area contributed by atoms with Gasteiger partial charge in [0.2, 0.25) is 10.0 Å². The van der Waals surface area contributed by atoms with E-state index in [4.69, 9.17) is 5.73 Å². The van der Waals surface area contributed by atoms with Gasteiger partial charge in [0.15, 0.2) is 0 Å². The third-order valence-corrected chi connectivity index (χ3v) is 4.04. The molecule has 1 atom stereocenters. The van der Waals surface area contributed by atoms with Crippen molar-refractivity contribution >= 4 is 10.0 Å². The third kappa shape index (κ3) is 7.76. The number of unbranched alkanes of at least 4 members (excludes halogenated alkanes) is 2. The fourth-order valence-corrected chi connectivity index (χ4v) is 2.63. The van der Waals surface area contributed by atoms with Gasteiger partial charge in [0.25, 0.3) is 0 Å². The van der Waals surface area contributed by atoms with Gasteiger partial charge in [-0.1, -0.05) is 20.3 Å². The zero-order valence-corrected chi connectivity index (χ0v) is 10.8. The zero-order valence-electron chi connectivity index (χ0n) is 9.99. The molecule has 0 aromatic carbocycles. The summed E-state index contributed by atoms with van der Waals surface area (Å²) in [4.78, 5) is 0. The van der Waals surface area contributed by atoms with Crippen LogP contribution in [0.25, 0.3) is 0 Å². The van der Waals surface area contributed by atoms with Crippen molar-refractivity contribution in [1.82, 2.24) is 4.72 Å². The second-order valence-corrected chi connectivity index (χ2v) is 6.19. The Labute approximate surface area is 93.7 Å². The molecule has 0 heterocycles. The van der Waals surface area contributed by atoms with E-state index in [2.05, 4.69) is 4.72 Å². The van der Waals surface area contributed by atoms with Crippen LogP contribution in [0.4, 0.5) is 0 Å². The lowest BCUT2D eigenvalue weighted by molar-refractivity contribution is 0.475. The van der Waals surface area contributed by atoms with Crippen LogP contribution in [0.5, 0.6) is 0 Å². The molecule has 92 valence electrons. The van der Waals surface area contributed by atoms with E-state index in [1.54, 1.807) is 0 Å². The maximum atomic E-state index is 11.6. The molecule has 0 amide bonds. The molecule has 0 aliphatic heterocycles. The van der Waals surface area contributed by atoms with Gasteiger partial charge in [-0.25, -0.2) is 13.1 Å². The van der Waals surface area contributed by atoms with Gasteiger partial charge in [-0.05, 0) is 32.2 Å². The molecule has 0 fully saturated rings. The van der Waals surface area contributed by atoms with Gasteiger partial charge in [0, 0.05) is 6.04 Å². The predicted molar refractivity (Wildman–Crippen MR) is 64.1 cm³/mol. The summed E-state index contributed by atoms with van der Waals surface area (Å²) in [5.74, 6) is 0.535. The first kappa shape index (κ1) is 14.9. The second-order valence-electron chi connectivity index (χ2n) is 4.32. The Morgan fingerprint density at radius 3 is 2.20 bits per heavy atom. The quantitative estimate of drug-likeness (QED) is 0.619. The van der Waals surface area contributed by atoms with Crippen LogP contribution in [-0.4, -0.2) is 26.8 Å². The number of rotatable bonds is 8. The predicted octanol–water partition coefficient (Wildman–Crippen LogP) is 1.08. The minimum absolute atomic E-state index is 0.00417. The fraction of sp³-hybridized carbons (Fsp3) is 1.00. The molecule has 3 N–H and O–H groups in total. The summed E-state index contributed by atoms with van der Waals surface area (Å²) in [5, 5.41) is 0. The summed E-state index contributed by atoms with van der Waals surface area (Å²) >= 11 is 0. The van der Waals surface area contributed by atoms with Crippen LogP contribution in [0.3, 0.4) is 0 Å². The molecule has 5 heteroatoms. The SMILES string of the molecule is CC(C)C(C)NS(=O)(=O)CCCCCN. The number of nitrogens with one attached hydrogen (secondary N) is 1. The molecule has 0 radical (unpaired) electrons. The monoisotopic (exact) mass is 236 g/mol. The van der Waals surface area contributed by atoms with Gasteiger partial charge in [-0.15, -0.1) is 0 Å². The smallest absolute Gasteiger partial charge is 0.211 e. The van der Waals surface area contributed by atoms with E-state index >= 15 is 0 Å². The van der Waals surface area contributed by atoms with E-state index in [1.807, 2.05) is 20.8 Å². The first-order valence-electron chi connectivity index (χ1n) is 5.59. The van der Waals surface area contributed by atoms with Crippen molar-refractivity contribution in [2.24, 2.45) is 11.7 Å². The third-order valence-electron chi connectivity index (χ3n) is 2.48. The molecule has 0 aromatic rings. The van der Waals surface area contributed by atoms with Crippen LogP contribution >= 0.6 is 0 Å². The van der Waals surface area contributed by atoms with Crippen LogP contribution in [-0.2, 0) is 10.0 Å². The van der Waals surface area contributed by atoms with Gasteiger partial charge < -0.3 is 5.73 Å². The van der Waals surface area contributed by atoms with E-state index in [0.717, 1.165) is 12.8 Å². The van der Waals surface area contributed by atoms with Gasteiger partial charge in [-0.2, -0.15) is 0 Å². The molecule has 0 bridgehead atoms. The van der Waals surface area contributed by atoms with Crippen molar-refractivity contribution in [3.8, 4) is 0 Å².